The van der Waals surface area contributed by atoms with Crippen LogP contribution in [-0.2, 0) is 0 Å². The van der Waals surface area contributed by atoms with Crippen LogP contribution >= 0.6 is 0 Å². The second-order valence-electron chi connectivity index (χ2n) is 9.32. The normalized spacial score (nSPS) is 25.3. The van der Waals surface area contributed by atoms with Crippen molar-refractivity contribution < 1.29 is 27.1 Å². The van der Waals surface area contributed by atoms with Crippen LogP contribution in [0.4, 0.5) is 17.6 Å². The van der Waals surface area contributed by atoms with E-state index in [0.717, 1.165) is 37.2 Å². The average molecular weight is 449 g/mol. The molecule has 2 aromatic rings. The summed E-state index contributed by atoms with van der Waals surface area (Å²) in [6.07, 6.45) is 9.32. The van der Waals surface area contributed by atoms with Crippen LogP contribution < -0.4 is 4.74 Å². The second kappa shape index (κ2) is 9.63. The smallest absolute Gasteiger partial charge is 0.343 e. The molecule has 0 aliphatic heterocycles. The maximum absolute atomic E-state index is 14.9. The summed E-state index contributed by atoms with van der Waals surface area (Å²) in [4.78, 5) is 12.3. The van der Waals surface area contributed by atoms with E-state index in [1.165, 1.54) is 38.2 Å². The number of ether oxygens (including phenoxy) is 1. The number of fused-ring (bicyclic) bond motifs is 1. The predicted molar refractivity (Wildman–Crippen MR) is 113 cm³/mol. The number of hydrogen-bond acceptors (Lipinski definition) is 2. The van der Waals surface area contributed by atoms with Crippen molar-refractivity contribution in [3.8, 4) is 5.75 Å². The number of halogens is 4. The summed E-state index contributed by atoms with van der Waals surface area (Å²) >= 11 is 0. The molecule has 0 heterocycles. The van der Waals surface area contributed by atoms with Crippen molar-refractivity contribution in [2.75, 3.05) is 0 Å². The van der Waals surface area contributed by atoms with Crippen LogP contribution in [0.5, 0.6) is 5.75 Å². The molecule has 2 nitrogen and oxygen atoms in total. The summed E-state index contributed by atoms with van der Waals surface area (Å²) < 4.78 is 59.5. The van der Waals surface area contributed by atoms with Gasteiger partial charge >= 0.3 is 5.97 Å². The molecule has 0 spiro atoms. The van der Waals surface area contributed by atoms with Gasteiger partial charge in [0.2, 0.25) is 0 Å². The number of carbonyl (C=O) groups excluding carboxylic acids is 1. The van der Waals surface area contributed by atoms with Crippen molar-refractivity contribution >= 4 is 5.97 Å². The van der Waals surface area contributed by atoms with E-state index in [-0.39, 0.29) is 11.5 Å². The highest BCUT2D eigenvalue weighted by molar-refractivity contribution is 5.91. The molecule has 2 saturated carbocycles. The molecule has 0 amide bonds. The Kier molecular flexibility index (Phi) is 6.87. The standard InChI is InChI=1S/C26H28F4O2/c1-2-3-15-4-5-17-11-18(7-6-16(17)10-15)21-9-8-19(12-22(21)27)26(31)32-20-13-23(28)25(30)24(29)14-20/h8-9,12-18H,2-7,10-11H2,1H3. The van der Waals surface area contributed by atoms with E-state index in [1.807, 2.05) is 0 Å². The highest BCUT2D eigenvalue weighted by Gasteiger charge is 2.36. The van der Waals surface area contributed by atoms with Gasteiger partial charge in [-0.3, -0.25) is 0 Å². The summed E-state index contributed by atoms with van der Waals surface area (Å²) in [6, 6.07) is 5.36. The summed E-state index contributed by atoms with van der Waals surface area (Å²) in [6.45, 7) is 2.24. The second-order valence-corrected chi connectivity index (χ2v) is 9.32. The van der Waals surface area contributed by atoms with Gasteiger partial charge in [0.25, 0.3) is 0 Å². The van der Waals surface area contributed by atoms with Crippen LogP contribution in [0.25, 0.3) is 0 Å². The largest absolute Gasteiger partial charge is 0.423 e. The summed E-state index contributed by atoms with van der Waals surface area (Å²) in [7, 11) is 0. The minimum atomic E-state index is -1.64. The zero-order chi connectivity index (χ0) is 22.8. The molecule has 2 aromatic carbocycles. The van der Waals surface area contributed by atoms with Crippen molar-refractivity contribution in [1.29, 1.82) is 0 Å². The molecule has 172 valence electrons. The van der Waals surface area contributed by atoms with Crippen LogP contribution in [0, 0.1) is 41.0 Å². The molecule has 32 heavy (non-hydrogen) atoms. The molecular formula is C26H28F4O2. The van der Waals surface area contributed by atoms with Crippen molar-refractivity contribution in [3.63, 3.8) is 0 Å². The fourth-order valence-electron chi connectivity index (χ4n) is 5.68. The molecule has 4 unspecified atom stereocenters. The van der Waals surface area contributed by atoms with Crippen LogP contribution in [0.3, 0.4) is 0 Å². The lowest BCUT2D eigenvalue weighted by atomic mass is 9.63. The molecule has 0 bridgehead atoms. The van der Waals surface area contributed by atoms with Gasteiger partial charge in [-0.2, -0.15) is 0 Å². The van der Waals surface area contributed by atoms with Gasteiger partial charge in [0, 0.05) is 12.1 Å². The third kappa shape index (κ3) is 4.84. The first-order chi connectivity index (χ1) is 15.4. The van der Waals surface area contributed by atoms with E-state index in [0.29, 0.717) is 23.6 Å². The molecule has 2 aliphatic rings. The molecule has 0 aromatic heterocycles. The van der Waals surface area contributed by atoms with Gasteiger partial charge in [0.1, 0.15) is 11.6 Å². The van der Waals surface area contributed by atoms with Crippen LogP contribution in [0.15, 0.2) is 30.3 Å². The van der Waals surface area contributed by atoms with Crippen LogP contribution in [0.2, 0.25) is 0 Å². The van der Waals surface area contributed by atoms with Gasteiger partial charge in [-0.25, -0.2) is 22.4 Å². The van der Waals surface area contributed by atoms with Gasteiger partial charge in [-0.05, 0) is 73.5 Å². The molecule has 2 aliphatic carbocycles. The lowest BCUT2D eigenvalue weighted by molar-refractivity contribution is 0.0733. The topological polar surface area (TPSA) is 26.3 Å². The molecule has 0 N–H and O–H groups in total. The minimum Gasteiger partial charge on any atom is -0.423 e. The van der Waals surface area contributed by atoms with E-state index in [9.17, 15) is 22.4 Å². The van der Waals surface area contributed by atoms with E-state index in [1.54, 1.807) is 6.07 Å². The molecule has 2 fully saturated rings. The Morgan fingerprint density at radius 3 is 2.28 bits per heavy atom. The number of benzene rings is 2. The third-order valence-corrected chi connectivity index (χ3v) is 7.26. The monoisotopic (exact) mass is 448 g/mol. The Morgan fingerprint density at radius 1 is 0.906 bits per heavy atom. The third-order valence-electron chi connectivity index (χ3n) is 7.26. The van der Waals surface area contributed by atoms with Crippen LogP contribution in [-0.4, -0.2) is 5.97 Å². The highest BCUT2D eigenvalue weighted by Crippen LogP contribution is 2.48. The number of carbonyl (C=O) groups is 1. The van der Waals surface area contributed by atoms with Crippen molar-refractivity contribution in [2.24, 2.45) is 17.8 Å². The van der Waals surface area contributed by atoms with Gasteiger partial charge in [0.15, 0.2) is 17.5 Å². The van der Waals surface area contributed by atoms with Crippen molar-refractivity contribution in [1.82, 2.24) is 0 Å². The quantitative estimate of drug-likeness (QED) is 0.204. The zero-order valence-electron chi connectivity index (χ0n) is 18.2. The Hall–Kier alpha value is -2.37. The molecule has 0 saturated heterocycles. The first-order valence-corrected chi connectivity index (χ1v) is 11.5. The molecular weight excluding hydrogens is 420 g/mol. The van der Waals surface area contributed by atoms with E-state index in [4.69, 9.17) is 4.74 Å². The molecule has 4 atom stereocenters. The summed E-state index contributed by atoms with van der Waals surface area (Å²) in [5.74, 6) is -4.14. The van der Waals surface area contributed by atoms with Gasteiger partial charge in [0.05, 0.1) is 5.56 Å². The van der Waals surface area contributed by atoms with Gasteiger partial charge in [-0.1, -0.05) is 32.3 Å². The fraction of sp³-hybridized carbons (Fsp3) is 0.500. The highest BCUT2D eigenvalue weighted by atomic mass is 19.2. The first kappa shape index (κ1) is 22.8. The van der Waals surface area contributed by atoms with Crippen molar-refractivity contribution in [3.05, 3.63) is 64.7 Å². The zero-order valence-corrected chi connectivity index (χ0v) is 18.2. The van der Waals surface area contributed by atoms with Gasteiger partial charge in [-0.15, -0.1) is 0 Å². The Balaban J connectivity index is 1.42. The summed E-state index contributed by atoms with van der Waals surface area (Å²) in [5, 5.41) is 0. The molecule has 0 radical (unpaired) electrons. The lowest BCUT2D eigenvalue weighted by Crippen LogP contribution is -2.30. The summed E-state index contributed by atoms with van der Waals surface area (Å²) in [5.41, 5.74) is 0.541. The van der Waals surface area contributed by atoms with Crippen LogP contribution in [0.1, 0.15) is 80.1 Å². The number of esters is 1. The van der Waals surface area contributed by atoms with E-state index < -0.39 is 35.0 Å². The Labute approximate surface area is 186 Å². The van der Waals surface area contributed by atoms with E-state index >= 15 is 0 Å². The molecule has 4 rings (SSSR count). The maximum atomic E-state index is 14.9. The Bertz CT molecular complexity index is 967. The Morgan fingerprint density at radius 2 is 1.59 bits per heavy atom. The molecule has 6 heteroatoms. The van der Waals surface area contributed by atoms with Crippen molar-refractivity contribution in [2.45, 2.75) is 64.2 Å². The number of hydrogen-bond donors (Lipinski definition) is 0. The predicted octanol–water partition coefficient (Wildman–Crippen LogP) is 7.56. The SMILES string of the molecule is CCCC1CCC2CC(c3ccc(C(=O)Oc4cc(F)c(F)c(F)c4)cc3F)CCC2C1. The fourth-order valence-corrected chi connectivity index (χ4v) is 5.68. The maximum Gasteiger partial charge on any atom is 0.343 e. The number of rotatable bonds is 5. The van der Waals surface area contributed by atoms with Gasteiger partial charge < -0.3 is 4.74 Å². The first-order valence-electron chi connectivity index (χ1n) is 11.5. The van der Waals surface area contributed by atoms with E-state index in [2.05, 4.69) is 6.92 Å². The lowest BCUT2D eigenvalue weighted by Gasteiger charge is -2.42. The average Bonchev–Trinajstić information content (AvgIpc) is 2.77. The minimum absolute atomic E-state index is 0.0647.